The van der Waals surface area contributed by atoms with E-state index in [0.29, 0.717) is 11.5 Å². The summed E-state index contributed by atoms with van der Waals surface area (Å²) in [7, 11) is 0. The van der Waals surface area contributed by atoms with Crippen LogP contribution < -0.4 is 0 Å². The zero-order valence-electron chi connectivity index (χ0n) is 10.8. The number of rotatable bonds is 4. The Bertz CT molecular complexity index is 558. The van der Waals surface area contributed by atoms with Crippen molar-refractivity contribution < 1.29 is 9.90 Å². The van der Waals surface area contributed by atoms with Gasteiger partial charge >= 0.3 is 0 Å². The number of aliphatic hydroxyl groups is 1. The van der Waals surface area contributed by atoms with Crippen LogP contribution in [0.25, 0.3) is 10.8 Å². The lowest BCUT2D eigenvalue weighted by molar-refractivity contribution is 0.112. The van der Waals surface area contributed by atoms with Gasteiger partial charge in [-0.05, 0) is 28.7 Å². The molecule has 18 heavy (non-hydrogen) atoms. The molecule has 0 heterocycles. The Hall–Kier alpha value is -1.67. The molecule has 94 valence electrons. The molecule has 1 N–H and O–H groups in total. The van der Waals surface area contributed by atoms with Gasteiger partial charge in [0, 0.05) is 5.56 Å². The van der Waals surface area contributed by atoms with Crippen LogP contribution in [0.5, 0.6) is 0 Å². The largest absolute Gasteiger partial charge is 0.388 e. The van der Waals surface area contributed by atoms with E-state index in [4.69, 9.17) is 0 Å². The molecule has 0 aliphatic carbocycles. The second-order valence-corrected chi connectivity index (χ2v) is 5.05. The highest BCUT2D eigenvalue weighted by atomic mass is 16.3. The van der Waals surface area contributed by atoms with Gasteiger partial charge in [0.05, 0.1) is 6.10 Å². The van der Waals surface area contributed by atoms with E-state index in [2.05, 4.69) is 13.8 Å². The molecule has 0 spiro atoms. The normalized spacial score (nSPS) is 12.9. The molecule has 2 nitrogen and oxygen atoms in total. The van der Waals surface area contributed by atoms with Crippen molar-refractivity contribution in [3.8, 4) is 0 Å². The van der Waals surface area contributed by atoms with Crippen LogP contribution in [0, 0.1) is 5.92 Å². The van der Waals surface area contributed by atoms with Crippen LogP contribution in [0.4, 0.5) is 0 Å². The Morgan fingerprint density at radius 3 is 2.39 bits per heavy atom. The molecule has 2 rings (SSSR count). The zero-order valence-corrected chi connectivity index (χ0v) is 10.8. The summed E-state index contributed by atoms with van der Waals surface area (Å²) in [5.74, 6) is 0.435. The van der Waals surface area contributed by atoms with Crippen molar-refractivity contribution >= 4 is 17.1 Å². The highest BCUT2D eigenvalue weighted by Gasteiger charge is 2.14. The predicted molar refractivity (Wildman–Crippen MR) is 73.8 cm³/mol. The molecule has 0 bridgehead atoms. The average molecular weight is 242 g/mol. The zero-order chi connectivity index (χ0) is 13.1. The Morgan fingerprint density at radius 2 is 1.78 bits per heavy atom. The lowest BCUT2D eigenvalue weighted by atomic mass is 9.93. The van der Waals surface area contributed by atoms with Gasteiger partial charge in [0.15, 0.2) is 6.29 Å². The molecule has 0 saturated heterocycles. The SMILES string of the molecule is CC(C)C[C@H](O)c1ccc(C=O)c2ccccc12. The minimum Gasteiger partial charge on any atom is -0.388 e. The van der Waals surface area contributed by atoms with Crippen molar-refractivity contribution in [2.45, 2.75) is 26.4 Å². The number of aldehydes is 1. The number of carbonyl (C=O) groups is 1. The molecule has 0 aliphatic rings. The van der Waals surface area contributed by atoms with Crippen molar-refractivity contribution in [1.29, 1.82) is 0 Å². The predicted octanol–water partition coefficient (Wildman–Crippen LogP) is 3.73. The number of hydrogen-bond donors (Lipinski definition) is 1. The number of benzene rings is 2. The van der Waals surface area contributed by atoms with E-state index in [0.717, 1.165) is 29.0 Å². The molecule has 2 aromatic carbocycles. The fraction of sp³-hybridized carbons (Fsp3) is 0.312. The fourth-order valence-electron chi connectivity index (χ4n) is 2.31. The van der Waals surface area contributed by atoms with Gasteiger partial charge in [0.1, 0.15) is 0 Å². The van der Waals surface area contributed by atoms with E-state index in [-0.39, 0.29) is 0 Å². The minimum atomic E-state index is -0.476. The van der Waals surface area contributed by atoms with Gasteiger partial charge in [-0.2, -0.15) is 0 Å². The number of hydrogen-bond acceptors (Lipinski definition) is 2. The van der Waals surface area contributed by atoms with Crippen molar-refractivity contribution in [3.05, 3.63) is 47.5 Å². The van der Waals surface area contributed by atoms with Crippen LogP contribution in [0.1, 0.15) is 42.3 Å². The number of aliphatic hydroxyl groups excluding tert-OH is 1. The minimum absolute atomic E-state index is 0.435. The van der Waals surface area contributed by atoms with Gasteiger partial charge in [-0.1, -0.05) is 50.2 Å². The summed E-state index contributed by atoms with van der Waals surface area (Å²) in [6.07, 6.45) is 1.11. The molecule has 1 atom stereocenters. The van der Waals surface area contributed by atoms with Crippen LogP contribution in [0.2, 0.25) is 0 Å². The quantitative estimate of drug-likeness (QED) is 0.829. The van der Waals surface area contributed by atoms with Crippen molar-refractivity contribution in [2.75, 3.05) is 0 Å². The summed E-state index contributed by atoms with van der Waals surface area (Å²) in [5.41, 5.74) is 1.58. The highest BCUT2D eigenvalue weighted by Crippen LogP contribution is 2.29. The van der Waals surface area contributed by atoms with E-state index in [1.165, 1.54) is 0 Å². The molecule has 0 saturated carbocycles. The lowest BCUT2D eigenvalue weighted by Crippen LogP contribution is -2.03. The van der Waals surface area contributed by atoms with Gasteiger partial charge in [0.2, 0.25) is 0 Å². The molecular formula is C16H18O2. The van der Waals surface area contributed by atoms with Crippen LogP contribution in [0.3, 0.4) is 0 Å². The standard InChI is InChI=1S/C16H18O2/c1-11(2)9-16(18)15-8-7-12(10-17)13-5-3-4-6-14(13)15/h3-8,10-11,16,18H,9H2,1-2H3/t16-/m0/s1. The number of carbonyl (C=O) groups excluding carboxylic acids is 1. The lowest BCUT2D eigenvalue weighted by Gasteiger charge is -2.16. The van der Waals surface area contributed by atoms with Crippen LogP contribution in [-0.4, -0.2) is 11.4 Å². The van der Waals surface area contributed by atoms with Crippen LogP contribution in [0.15, 0.2) is 36.4 Å². The van der Waals surface area contributed by atoms with Crippen molar-refractivity contribution in [2.24, 2.45) is 5.92 Å². The Labute approximate surface area is 107 Å². The molecule has 2 aromatic rings. The van der Waals surface area contributed by atoms with Gasteiger partial charge < -0.3 is 5.11 Å². The summed E-state index contributed by atoms with van der Waals surface area (Å²) < 4.78 is 0. The van der Waals surface area contributed by atoms with E-state index in [1.807, 2.05) is 30.3 Å². The summed E-state index contributed by atoms with van der Waals surface area (Å²) >= 11 is 0. The molecule has 0 fully saturated rings. The Balaban J connectivity index is 2.55. The van der Waals surface area contributed by atoms with Gasteiger partial charge in [-0.25, -0.2) is 0 Å². The first-order chi connectivity index (χ1) is 8.63. The third-order valence-corrected chi connectivity index (χ3v) is 3.17. The molecule has 0 amide bonds. The van der Waals surface area contributed by atoms with Gasteiger partial charge in [-0.15, -0.1) is 0 Å². The smallest absolute Gasteiger partial charge is 0.150 e. The first-order valence-corrected chi connectivity index (χ1v) is 6.28. The summed E-state index contributed by atoms with van der Waals surface area (Å²) in [4.78, 5) is 11.0. The average Bonchev–Trinajstić information content (AvgIpc) is 2.36. The van der Waals surface area contributed by atoms with Gasteiger partial charge in [0.25, 0.3) is 0 Å². The Kier molecular flexibility index (Phi) is 3.78. The maximum absolute atomic E-state index is 11.0. The fourth-order valence-corrected chi connectivity index (χ4v) is 2.31. The second kappa shape index (κ2) is 5.32. The third kappa shape index (κ3) is 2.44. The molecule has 0 unspecified atom stereocenters. The number of fused-ring (bicyclic) bond motifs is 1. The Morgan fingerprint density at radius 1 is 1.11 bits per heavy atom. The molecule has 0 aliphatic heterocycles. The molecule has 0 radical (unpaired) electrons. The van der Waals surface area contributed by atoms with Crippen molar-refractivity contribution in [3.63, 3.8) is 0 Å². The van der Waals surface area contributed by atoms with Crippen LogP contribution >= 0.6 is 0 Å². The second-order valence-electron chi connectivity index (χ2n) is 5.05. The van der Waals surface area contributed by atoms with E-state index in [1.54, 1.807) is 6.07 Å². The van der Waals surface area contributed by atoms with E-state index in [9.17, 15) is 9.90 Å². The van der Waals surface area contributed by atoms with Crippen LogP contribution in [-0.2, 0) is 0 Å². The first kappa shape index (κ1) is 12.8. The summed E-state index contributed by atoms with van der Waals surface area (Å²) in [6.45, 7) is 4.18. The van der Waals surface area contributed by atoms with E-state index >= 15 is 0 Å². The monoisotopic (exact) mass is 242 g/mol. The summed E-state index contributed by atoms with van der Waals surface area (Å²) in [6, 6.07) is 11.4. The molecule has 0 aromatic heterocycles. The topological polar surface area (TPSA) is 37.3 Å². The third-order valence-electron chi connectivity index (χ3n) is 3.17. The van der Waals surface area contributed by atoms with Gasteiger partial charge in [-0.3, -0.25) is 4.79 Å². The molecular weight excluding hydrogens is 224 g/mol. The highest BCUT2D eigenvalue weighted by molar-refractivity contribution is 5.99. The summed E-state index contributed by atoms with van der Waals surface area (Å²) in [5, 5.41) is 12.1. The maximum atomic E-state index is 11.0. The van der Waals surface area contributed by atoms with E-state index < -0.39 is 6.10 Å². The maximum Gasteiger partial charge on any atom is 0.150 e. The van der Waals surface area contributed by atoms with Crippen molar-refractivity contribution in [1.82, 2.24) is 0 Å². The first-order valence-electron chi connectivity index (χ1n) is 6.28. The molecule has 2 heteroatoms.